The molecule has 0 bridgehead atoms. The molecule has 0 aliphatic rings. The van der Waals surface area contributed by atoms with E-state index in [1.54, 1.807) is 0 Å². The van der Waals surface area contributed by atoms with Gasteiger partial charge in [0.15, 0.2) is 0 Å². The SMILES string of the molecule is CCc1cc(SC(C)CC(=O)O)ncn1. The molecule has 1 N–H and O–H groups in total. The van der Waals surface area contributed by atoms with Gasteiger partial charge in [-0.25, -0.2) is 9.97 Å². The first-order chi connectivity index (χ1) is 7.11. The normalized spacial score (nSPS) is 12.4. The van der Waals surface area contributed by atoms with Crippen LogP contribution in [0.25, 0.3) is 0 Å². The molecule has 1 aromatic rings. The number of hydrogen-bond donors (Lipinski definition) is 1. The second kappa shape index (κ2) is 5.70. The molecule has 5 heteroatoms. The van der Waals surface area contributed by atoms with Crippen LogP contribution in [0.4, 0.5) is 0 Å². The van der Waals surface area contributed by atoms with Crippen LogP contribution in [0, 0.1) is 0 Å². The molecular weight excluding hydrogens is 212 g/mol. The first-order valence-corrected chi connectivity index (χ1v) is 5.69. The van der Waals surface area contributed by atoms with Crippen LogP contribution in [0.2, 0.25) is 0 Å². The summed E-state index contributed by atoms with van der Waals surface area (Å²) in [6.07, 6.45) is 2.54. The van der Waals surface area contributed by atoms with E-state index in [0.717, 1.165) is 17.1 Å². The molecule has 0 aliphatic heterocycles. The van der Waals surface area contributed by atoms with Gasteiger partial charge in [0.25, 0.3) is 0 Å². The number of thioether (sulfide) groups is 1. The summed E-state index contributed by atoms with van der Waals surface area (Å²) in [4.78, 5) is 18.7. The predicted octanol–water partition coefficient (Wildman–Crippen LogP) is 1.99. The minimum atomic E-state index is -0.778. The molecule has 0 spiro atoms. The molecule has 15 heavy (non-hydrogen) atoms. The van der Waals surface area contributed by atoms with E-state index in [-0.39, 0.29) is 11.7 Å². The van der Waals surface area contributed by atoms with Crippen molar-refractivity contribution < 1.29 is 9.90 Å². The third kappa shape index (κ3) is 4.29. The van der Waals surface area contributed by atoms with E-state index in [0.29, 0.717) is 0 Å². The lowest BCUT2D eigenvalue weighted by molar-refractivity contribution is -0.136. The van der Waals surface area contributed by atoms with Gasteiger partial charge in [0.1, 0.15) is 6.33 Å². The molecular formula is C10H14N2O2S. The largest absolute Gasteiger partial charge is 0.481 e. The van der Waals surface area contributed by atoms with Crippen LogP contribution >= 0.6 is 11.8 Å². The van der Waals surface area contributed by atoms with Gasteiger partial charge in [-0.1, -0.05) is 13.8 Å². The van der Waals surface area contributed by atoms with Crippen LogP contribution < -0.4 is 0 Å². The van der Waals surface area contributed by atoms with Crippen molar-refractivity contribution in [1.82, 2.24) is 9.97 Å². The van der Waals surface area contributed by atoms with Gasteiger partial charge in [0.05, 0.1) is 11.4 Å². The molecule has 1 heterocycles. The van der Waals surface area contributed by atoms with Gasteiger partial charge >= 0.3 is 5.97 Å². The summed E-state index contributed by atoms with van der Waals surface area (Å²) in [5, 5.41) is 9.49. The van der Waals surface area contributed by atoms with E-state index in [2.05, 4.69) is 9.97 Å². The first kappa shape index (κ1) is 12.0. The molecule has 0 saturated carbocycles. The molecule has 0 aromatic carbocycles. The monoisotopic (exact) mass is 226 g/mol. The second-order valence-electron chi connectivity index (χ2n) is 3.23. The van der Waals surface area contributed by atoms with Crippen LogP contribution in [0.15, 0.2) is 17.4 Å². The van der Waals surface area contributed by atoms with E-state index in [4.69, 9.17) is 5.11 Å². The number of carboxylic acids is 1. The highest BCUT2D eigenvalue weighted by molar-refractivity contribution is 7.99. The van der Waals surface area contributed by atoms with Crippen LogP contribution in [0.1, 0.15) is 26.0 Å². The van der Waals surface area contributed by atoms with Crippen LogP contribution in [0.3, 0.4) is 0 Å². The van der Waals surface area contributed by atoms with Gasteiger partial charge in [0, 0.05) is 10.9 Å². The summed E-state index contributed by atoms with van der Waals surface area (Å²) < 4.78 is 0. The number of aryl methyl sites for hydroxylation is 1. The topological polar surface area (TPSA) is 63.1 Å². The third-order valence-electron chi connectivity index (χ3n) is 1.84. The van der Waals surface area contributed by atoms with Crippen molar-refractivity contribution in [3.05, 3.63) is 18.1 Å². The third-order valence-corrected chi connectivity index (χ3v) is 2.88. The summed E-state index contributed by atoms with van der Waals surface area (Å²) in [6.45, 7) is 3.91. The Morgan fingerprint density at radius 3 is 2.93 bits per heavy atom. The van der Waals surface area contributed by atoms with Crippen LogP contribution in [-0.2, 0) is 11.2 Å². The molecule has 1 unspecified atom stereocenters. The Bertz CT molecular complexity index is 344. The van der Waals surface area contributed by atoms with Crippen molar-refractivity contribution >= 4 is 17.7 Å². The van der Waals surface area contributed by atoms with Gasteiger partial charge in [0.2, 0.25) is 0 Å². The molecule has 0 aliphatic carbocycles. The minimum absolute atomic E-state index is 0.0297. The quantitative estimate of drug-likeness (QED) is 0.614. The summed E-state index contributed by atoms with van der Waals surface area (Å²) in [7, 11) is 0. The number of carbonyl (C=O) groups is 1. The standard InChI is InChI=1S/C10H14N2O2S/c1-3-8-5-9(12-6-11-8)15-7(2)4-10(13)14/h5-7H,3-4H2,1-2H3,(H,13,14). The van der Waals surface area contributed by atoms with Gasteiger partial charge < -0.3 is 5.11 Å². The van der Waals surface area contributed by atoms with E-state index in [1.807, 2.05) is 19.9 Å². The molecule has 1 aromatic heterocycles. The van der Waals surface area contributed by atoms with Crippen molar-refractivity contribution in [2.75, 3.05) is 0 Å². The highest BCUT2D eigenvalue weighted by Gasteiger charge is 2.10. The van der Waals surface area contributed by atoms with Crippen molar-refractivity contribution in [2.45, 2.75) is 37.0 Å². The van der Waals surface area contributed by atoms with Crippen LogP contribution in [0.5, 0.6) is 0 Å². The lowest BCUT2D eigenvalue weighted by Crippen LogP contribution is -2.06. The van der Waals surface area contributed by atoms with Crippen molar-refractivity contribution in [2.24, 2.45) is 0 Å². The Morgan fingerprint density at radius 2 is 2.33 bits per heavy atom. The summed E-state index contributed by atoms with van der Waals surface area (Å²) in [5.74, 6) is -0.778. The van der Waals surface area contributed by atoms with Crippen molar-refractivity contribution in [3.8, 4) is 0 Å². The van der Waals surface area contributed by atoms with E-state index in [1.165, 1.54) is 18.1 Å². The maximum atomic E-state index is 10.5. The van der Waals surface area contributed by atoms with Gasteiger partial charge in [-0.15, -0.1) is 11.8 Å². The summed E-state index contributed by atoms with van der Waals surface area (Å²) in [6, 6.07) is 1.91. The zero-order valence-electron chi connectivity index (χ0n) is 8.80. The highest BCUT2D eigenvalue weighted by Crippen LogP contribution is 2.23. The Kier molecular flexibility index (Phi) is 4.55. The molecule has 0 fully saturated rings. The highest BCUT2D eigenvalue weighted by atomic mass is 32.2. The van der Waals surface area contributed by atoms with Crippen molar-refractivity contribution in [3.63, 3.8) is 0 Å². The van der Waals surface area contributed by atoms with Gasteiger partial charge in [-0.2, -0.15) is 0 Å². The van der Waals surface area contributed by atoms with Crippen molar-refractivity contribution in [1.29, 1.82) is 0 Å². The molecule has 82 valence electrons. The maximum Gasteiger partial charge on any atom is 0.304 e. The average molecular weight is 226 g/mol. The Morgan fingerprint density at radius 1 is 1.60 bits per heavy atom. The minimum Gasteiger partial charge on any atom is -0.481 e. The summed E-state index contributed by atoms with van der Waals surface area (Å²) >= 11 is 1.47. The fourth-order valence-corrected chi connectivity index (χ4v) is 2.08. The Labute approximate surface area is 93.1 Å². The van der Waals surface area contributed by atoms with Gasteiger partial charge in [-0.3, -0.25) is 4.79 Å². The van der Waals surface area contributed by atoms with Crippen LogP contribution in [-0.4, -0.2) is 26.3 Å². The molecule has 1 atom stereocenters. The zero-order chi connectivity index (χ0) is 11.3. The fraction of sp³-hybridized carbons (Fsp3) is 0.500. The second-order valence-corrected chi connectivity index (χ2v) is 4.69. The van der Waals surface area contributed by atoms with Gasteiger partial charge in [-0.05, 0) is 12.5 Å². The number of aliphatic carboxylic acids is 1. The number of rotatable bonds is 5. The first-order valence-electron chi connectivity index (χ1n) is 4.81. The maximum absolute atomic E-state index is 10.5. The number of hydrogen-bond acceptors (Lipinski definition) is 4. The Hall–Kier alpha value is -1.10. The molecule has 1 rings (SSSR count). The lowest BCUT2D eigenvalue weighted by atomic mass is 10.3. The average Bonchev–Trinajstić information content (AvgIpc) is 2.16. The number of nitrogens with zero attached hydrogens (tertiary/aromatic N) is 2. The fourth-order valence-electron chi connectivity index (χ4n) is 1.13. The predicted molar refractivity (Wildman–Crippen MR) is 59.0 cm³/mol. The number of carboxylic acid groups (broad SMARTS) is 1. The molecule has 4 nitrogen and oxygen atoms in total. The van der Waals surface area contributed by atoms with E-state index in [9.17, 15) is 4.79 Å². The summed E-state index contributed by atoms with van der Waals surface area (Å²) in [5.41, 5.74) is 0.982. The zero-order valence-corrected chi connectivity index (χ0v) is 9.62. The van der Waals surface area contributed by atoms with E-state index >= 15 is 0 Å². The lowest BCUT2D eigenvalue weighted by Gasteiger charge is -2.07. The Balaban J connectivity index is 2.59. The number of aromatic nitrogens is 2. The van der Waals surface area contributed by atoms with E-state index < -0.39 is 5.97 Å². The smallest absolute Gasteiger partial charge is 0.304 e. The molecule has 0 amide bonds. The molecule has 0 saturated heterocycles. The molecule has 0 radical (unpaired) electrons.